The highest BCUT2D eigenvalue weighted by Crippen LogP contribution is 2.33. The first-order valence-corrected chi connectivity index (χ1v) is 7.94. The van der Waals surface area contributed by atoms with E-state index in [1.165, 1.54) is 0 Å². The largest absolute Gasteiger partial charge is 0.382 e. The van der Waals surface area contributed by atoms with Gasteiger partial charge in [-0.25, -0.2) is 0 Å². The first-order chi connectivity index (χ1) is 9.90. The van der Waals surface area contributed by atoms with Crippen molar-refractivity contribution in [1.29, 1.82) is 0 Å². The van der Waals surface area contributed by atoms with E-state index in [0.29, 0.717) is 27.8 Å². The molecule has 114 valence electrons. The summed E-state index contributed by atoms with van der Waals surface area (Å²) in [6, 6.07) is 5.35. The number of aliphatic hydroxyl groups is 1. The molecule has 1 N–H and O–H groups in total. The first kappa shape index (κ1) is 16.8. The number of hydrogen-bond donors (Lipinski definition) is 1. The number of likely N-dealkylation sites (N-methyl/N-ethyl adjacent to an activating group) is 1. The van der Waals surface area contributed by atoms with Gasteiger partial charge in [-0.05, 0) is 26.2 Å². The van der Waals surface area contributed by atoms with E-state index in [2.05, 4.69) is 21.0 Å². The topological polar surface area (TPSA) is 41.3 Å². The summed E-state index contributed by atoms with van der Waals surface area (Å²) in [5.41, 5.74) is 1.16. The van der Waals surface area contributed by atoms with Gasteiger partial charge in [-0.15, -0.1) is 0 Å². The van der Waals surface area contributed by atoms with E-state index in [1.54, 1.807) is 23.0 Å². The van der Waals surface area contributed by atoms with Crippen LogP contribution in [-0.2, 0) is 6.54 Å². The Bertz CT molecular complexity index is 631. The summed E-state index contributed by atoms with van der Waals surface area (Å²) in [4.78, 5) is 2.04. The van der Waals surface area contributed by atoms with Gasteiger partial charge in [0.2, 0.25) is 0 Å². The number of benzene rings is 1. The van der Waals surface area contributed by atoms with Crippen LogP contribution in [-0.4, -0.2) is 40.4 Å². The van der Waals surface area contributed by atoms with Crippen molar-refractivity contribution in [2.45, 2.75) is 12.6 Å². The van der Waals surface area contributed by atoms with E-state index in [1.807, 2.05) is 25.1 Å². The predicted molar refractivity (Wildman–Crippen MR) is 89.0 cm³/mol. The Labute approximate surface area is 142 Å². The molecule has 0 fully saturated rings. The summed E-state index contributed by atoms with van der Waals surface area (Å²) in [7, 11) is 3.96. The molecule has 0 saturated heterocycles. The first-order valence-electron chi connectivity index (χ1n) is 6.39. The van der Waals surface area contributed by atoms with Crippen LogP contribution in [0.15, 0.2) is 28.9 Å². The van der Waals surface area contributed by atoms with Gasteiger partial charge < -0.3 is 10.0 Å². The molecule has 0 saturated carbocycles. The lowest BCUT2D eigenvalue weighted by atomic mass is 10.1. The number of aliphatic hydroxyl groups excluding tert-OH is 1. The van der Waals surface area contributed by atoms with Gasteiger partial charge in [0, 0.05) is 21.6 Å². The molecule has 1 atom stereocenters. The third-order valence-electron chi connectivity index (χ3n) is 3.11. The molecule has 0 amide bonds. The van der Waals surface area contributed by atoms with E-state index in [9.17, 15) is 5.11 Å². The molecule has 1 heterocycles. The fourth-order valence-electron chi connectivity index (χ4n) is 1.99. The predicted octanol–water partition coefficient (Wildman–Crippen LogP) is 3.60. The second-order valence-corrected chi connectivity index (χ2v) is 6.70. The highest BCUT2D eigenvalue weighted by molar-refractivity contribution is 9.10. The summed E-state index contributed by atoms with van der Waals surface area (Å²) in [6.07, 6.45) is 0.630. The van der Waals surface area contributed by atoms with Gasteiger partial charge in [0.25, 0.3) is 0 Å². The maximum atomic E-state index is 10.6. The molecule has 21 heavy (non-hydrogen) atoms. The van der Waals surface area contributed by atoms with Crippen LogP contribution in [0, 0.1) is 0 Å². The molecule has 1 unspecified atom stereocenters. The van der Waals surface area contributed by atoms with Crippen LogP contribution < -0.4 is 0 Å². The molecule has 0 spiro atoms. The Morgan fingerprint density at radius 2 is 2.05 bits per heavy atom. The number of halogens is 3. The fraction of sp³-hybridized carbons (Fsp3) is 0.357. The second-order valence-electron chi connectivity index (χ2n) is 4.97. The molecule has 0 radical (unpaired) electrons. The van der Waals surface area contributed by atoms with Crippen molar-refractivity contribution < 1.29 is 5.11 Å². The van der Waals surface area contributed by atoms with E-state index < -0.39 is 6.10 Å². The quantitative estimate of drug-likeness (QED) is 0.845. The van der Waals surface area contributed by atoms with Crippen molar-refractivity contribution in [1.82, 2.24) is 14.7 Å². The van der Waals surface area contributed by atoms with E-state index >= 15 is 0 Å². The minimum Gasteiger partial charge on any atom is -0.382 e. The minimum absolute atomic E-state index is 0.431. The van der Waals surface area contributed by atoms with Crippen molar-refractivity contribution in [3.05, 3.63) is 50.2 Å². The maximum absolute atomic E-state index is 10.6. The van der Waals surface area contributed by atoms with Gasteiger partial charge in [-0.3, -0.25) is 4.68 Å². The average Bonchev–Trinajstić information content (AvgIpc) is 2.77. The lowest BCUT2D eigenvalue weighted by Crippen LogP contribution is -2.21. The average molecular weight is 393 g/mol. The number of nitrogens with zero attached hydrogens (tertiary/aromatic N) is 3. The van der Waals surface area contributed by atoms with Crippen molar-refractivity contribution >= 4 is 39.1 Å². The molecular weight excluding hydrogens is 377 g/mol. The molecule has 0 bridgehead atoms. The van der Waals surface area contributed by atoms with Gasteiger partial charge >= 0.3 is 0 Å². The zero-order chi connectivity index (χ0) is 15.6. The Kier molecular flexibility index (Phi) is 5.68. The molecular formula is C14H16BrCl2N3O. The minimum atomic E-state index is -0.914. The van der Waals surface area contributed by atoms with Crippen LogP contribution in [0.2, 0.25) is 10.0 Å². The Balaban J connectivity index is 2.34. The Morgan fingerprint density at radius 1 is 1.33 bits per heavy atom. The fourth-order valence-corrected chi connectivity index (χ4v) is 3.01. The molecule has 0 aliphatic heterocycles. The van der Waals surface area contributed by atoms with Crippen LogP contribution in [0.5, 0.6) is 0 Å². The third kappa shape index (κ3) is 3.99. The zero-order valence-corrected chi connectivity index (χ0v) is 14.8. The number of aromatic nitrogens is 2. The summed E-state index contributed by atoms with van der Waals surface area (Å²) < 4.78 is 2.57. The summed E-state index contributed by atoms with van der Waals surface area (Å²) in [5.74, 6) is 0. The Hall–Kier alpha value is -0.590. The summed E-state index contributed by atoms with van der Waals surface area (Å²) >= 11 is 15.7. The van der Waals surface area contributed by atoms with Gasteiger partial charge in [-0.1, -0.05) is 45.2 Å². The maximum Gasteiger partial charge on any atom is 0.124 e. The van der Waals surface area contributed by atoms with Crippen LogP contribution in [0.3, 0.4) is 0 Å². The van der Waals surface area contributed by atoms with Gasteiger partial charge in [0.1, 0.15) is 6.10 Å². The molecule has 1 aromatic heterocycles. The van der Waals surface area contributed by atoms with Gasteiger partial charge in [0.15, 0.2) is 0 Å². The van der Waals surface area contributed by atoms with Gasteiger partial charge in [0.05, 0.1) is 23.5 Å². The zero-order valence-electron chi connectivity index (χ0n) is 11.7. The SMILES string of the molecule is CN(C)CCn1ncc(Cl)c1C(O)c1ccc(Br)cc1Cl. The van der Waals surface area contributed by atoms with E-state index in [4.69, 9.17) is 23.2 Å². The lowest BCUT2D eigenvalue weighted by molar-refractivity contribution is 0.206. The smallest absolute Gasteiger partial charge is 0.124 e. The highest BCUT2D eigenvalue weighted by Gasteiger charge is 2.22. The van der Waals surface area contributed by atoms with Crippen LogP contribution in [0.4, 0.5) is 0 Å². The number of rotatable bonds is 5. The highest BCUT2D eigenvalue weighted by atomic mass is 79.9. The summed E-state index contributed by atoms with van der Waals surface area (Å²) in [5, 5.41) is 15.8. The van der Waals surface area contributed by atoms with Crippen molar-refractivity contribution in [2.24, 2.45) is 0 Å². The van der Waals surface area contributed by atoms with E-state index in [-0.39, 0.29) is 0 Å². The standard InChI is InChI=1S/C14H16BrCl2N3O/c1-19(2)5-6-20-13(12(17)8-18-20)14(21)10-4-3-9(15)7-11(10)16/h3-4,7-8,14,21H,5-6H2,1-2H3. The van der Waals surface area contributed by atoms with Crippen LogP contribution in [0.1, 0.15) is 17.4 Å². The van der Waals surface area contributed by atoms with Crippen molar-refractivity contribution in [3.8, 4) is 0 Å². The van der Waals surface area contributed by atoms with Crippen molar-refractivity contribution in [3.63, 3.8) is 0 Å². The second kappa shape index (κ2) is 7.11. The summed E-state index contributed by atoms with van der Waals surface area (Å²) in [6.45, 7) is 1.44. The molecule has 0 aliphatic carbocycles. The van der Waals surface area contributed by atoms with Crippen molar-refractivity contribution in [2.75, 3.05) is 20.6 Å². The molecule has 4 nitrogen and oxygen atoms in total. The molecule has 2 rings (SSSR count). The molecule has 2 aromatic rings. The third-order valence-corrected chi connectivity index (χ3v) is 4.22. The Morgan fingerprint density at radius 3 is 2.67 bits per heavy atom. The normalized spacial score (nSPS) is 12.9. The number of hydrogen-bond acceptors (Lipinski definition) is 3. The monoisotopic (exact) mass is 391 g/mol. The molecule has 0 aliphatic rings. The van der Waals surface area contributed by atoms with Crippen LogP contribution >= 0.6 is 39.1 Å². The van der Waals surface area contributed by atoms with Crippen LogP contribution in [0.25, 0.3) is 0 Å². The van der Waals surface area contributed by atoms with Gasteiger partial charge in [-0.2, -0.15) is 5.10 Å². The molecule has 7 heteroatoms. The van der Waals surface area contributed by atoms with E-state index in [0.717, 1.165) is 11.0 Å². The molecule has 1 aromatic carbocycles. The lowest BCUT2D eigenvalue weighted by Gasteiger charge is -2.17.